The third-order valence-electron chi connectivity index (χ3n) is 1.93. The molecule has 0 aliphatic heterocycles. The van der Waals surface area contributed by atoms with Crippen molar-refractivity contribution in [2.24, 2.45) is 0 Å². The number of nitro benzene ring substituents is 1. The van der Waals surface area contributed by atoms with Gasteiger partial charge >= 0.3 is 11.9 Å². The summed E-state index contributed by atoms with van der Waals surface area (Å²) < 4.78 is 4.26. The third-order valence-corrected chi connectivity index (χ3v) is 1.93. The standard InChI is InChI=1S/C11H7NO6/c1-18-10(13)5-2-7-6-8(12(16)17)3-4-9(7)11(14)15/h3-4,6H,1H3,(H,14,15). The zero-order valence-corrected chi connectivity index (χ0v) is 9.17. The van der Waals surface area contributed by atoms with Crippen LogP contribution < -0.4 is 0 Å². The van der Waals surface area contributed by atoms with Crippen molar-refractivity contribution in [3.63, 3.8) is 0 Å². The summed E-state index contributed by atoms with van der Waals surface area (Å²) in [6, 6.07) is 3.09. The molecular formula is C11H7NO6. The molecule has 7 nitrogen and oxygen atoms in total. The van der Waals surface area contributed by atoms with E-state index in [4.69, 9.17) is 5.11 Å². The Morgan fingerprint density at radius 2 is 2.11 bits per heavy atom. The van der Waals surface area contributed by atoms with Crippen molar-refractivity contribution < 1.29 is 24.4 Å². The minimum atomic E-state index is -1.29. The average Bonchev–Trinajstić information content (AvgIpc) is 2.35. The maximum absolute atomic E-state index is 10.9. The summed E-state index contributed by atoms with van der Waals surface area (Å²) >= 11 is 0. The third kappa shape index (κ3) is 3.05. The molecule has 0 aromatic heterocycles. The fourth-order valence-corrected chi connectivity index (χ4v) is 1.11. The minimum absolute atomic E-state index is 0.123. The number of nitro groups is 1. The number of esters is 1. The van der Waals surface area contributed by atoms with Gasteiger partial charge in [0.25, 0.3) is 5.69 Å². The summed E-state index contributed by atoms with van der Waals surface area (Å²) in [5, 5.41) is 19.4. The van der Waals surface area contributed by atoms with Crippen LogP contribution in [0.25, 0.3) is 0 Å². The first-order chi connectivity index (χ1) is 8.45. The molecule has 1 rings (SSSR count). The molecule has 0 heterocycles. The second-order valence-corrected chi connectivity index (χ2v) is 3.03. The average molecular weight is 249 g/mol. The lowest BCUT2D eigenvalue weighted by atomic mass is 10.1. The molecule has 0 aliphatic carbocycles. The first-order valence-electron chi connectivity index (χ1n) is 4.57. The number of ether oxygens (including phenoxy) is 1. The lowest BCUT2D eigenvalue weighted by Crippen LogP contribution is -2.02. The van der Waals surface area contributed by atoms with Gasteiger partial charge < -0.3 is 9.84 Å². The van der Waals surface area contributed by atoms with Crippen molar-refractivity contribution in [2.45, 2.75) is 0 Å². The summed E-state index contributed by atoms with van der Waals surface area (Å²) in [5.41, 5.74) is -0.659. The molecule has 0 unspecified atom stereocenters. The highest BCUT2D eigenvalue weighted by molar-refractivity contribution is 5.93. The maximum atomic E-state index is 10.9. The van der Waals surface area contributed by atoms with Crippen LogP contribution in [0.1, 0.15) is 15.9 Å². The van der Waals surface area contributed by atoms with Crippen LogP contribution >= 0.6 is 0 Å². The Morgan fingerprint density at radius 3 is 2.61 bits per heavy atom. The van der Waals surface area contributed by atoms with E-state index < -0.39 is 16.9 Å². The Morgan fingerprint density at radius 1 is 1.44 bits per heavy atom. The number of aromatic carboxylic acids is 1. The summed E-state index contributed by atoms with van der Waals surface area (Å²) in [4.78, 5) is 31.5. The second kappa shape index (κ2) is 5.45. The summed E-state index contributed by atoms with van der Waals surface area (Å²) in [6.07, 6.45) is 0. The van der Waals surface area contributed by atoms with E-state index in [-0.39, 0.29) is 16.8 Å². The van der Waals surface area contributed by atoms with Crippen molar-refractivity contribution in [3.8, 4) is 11.8 Å². The van der Waals surface area contributed by atoms with Gasteiger partial charge in [0.05, 0.1) is 17.6 Å². The van der Waals surface area contributed by atoms with Gasteiger partial charge in [0, 0.05) is 23.6 Å². The predicted molar refractivity (Wildman–Crippen MR) is 58.9 cm³/mol. The number of benzene rings is 1. The van der Waals surface area contributed by atoms with E-state index in [0.717, 1.165) is 25.3 Å². The van der Waals surface area contributed by atoms with Gasteiger partial charge in [0.2, 0.25) is 0 Å². The number of carbonyl (C=O) groups is 2. The molecule has 18 heavy (non-hydrogen) atoms. The molecule has 92 valence electrons. The first-order valence-corrected chi connectivity index (χ1v) is 4.57. The Kier molecular flexibility index (Phi) is 3.99. The molecule has 1 aromatic carbocycles. The molecule has 0 amide bonds. The SMILES string of the molecule is COC(=O)C#Cc1cc([N+](=O)[O-])ccc1C(=O)O. The Bertz CT molecular complexity index is 581. The topological polar surface area (TPSA) is 107 Å². The zero-order valence-electron chi connectivity index (χ0n) is 9.17. The molecule has 7 heteroatoms. The monoisotopic (exact) mass is 249 g/mol. The number of carboxylic acid groups (broad SMARTS) is 1. The van der Waals surface area contributed by atoms with E-state index >= 15 is 0 Å². The van der Waals surface area contributed by atoms with Crippen LogP contribution in [-0.4, -0.2) is 29.1 Å². The second-order valence-electron chi connectivity index (χ2n) is 3.03. The molecule has 0 saturated carbocycles. The van der Waals surface area contributed by atoms with Crippen LogP contribution in [0.15, 0.2) is 18.2 Å². The number of carboxylic acids is 1. The van der Waals surface area contributed by atoms with Crippen molar-refractivity contribution in [2.75, 3.05) is 7.11 Å². The summed E-state index contributed by atoms with van der Waals surface area (Å²) in [5.74, 6) is 2.09. The number of carbonyl (C=O) groups excluding carboxylic acids is 1. The maximum Gasteiger partial charge on any atom is 0.384 e. The van der Waals surface area contributed by atoms with Crippen LogP contribution in [0.5, 0.6) is 0 Å². The van der Waals surface area contributed by atoms with Gasteiger partial charge in [0.15, 0.2) is 0 Å². The molecule has 0 saturated heterocycles. The van der Waals surface area contributed by atoms with E-state index in [1.807, 2.05) is 5.92 Å². The zero-order chi connectivity index (χ0) is 13.7. The van der Waals surface area contributed by atoms with Gasteiger partial charge in [0.1, 0.15) is 0 Å². The molecular weight excluding hydrogens is 242 g/mol. The predicted octanol–water partition coefficient (Wildman–Crippen LogP) is 0.817. The number of hydrogen-bond donors (Lipinski definition) is 1. The summed E-state index contributed by atoms with van der Waals surface area (Å²) in [6.45, 7) is 0. The molecule has 1 N–H and O–H groups in total. The van der Waals surface area contributed by atoms with Crippen LogP contribution in [0.3, 0.4) is 0 Å². The Labute approximate surface area is 101 Å². The van der Waals surface area contributed by atoms with E-state index in [0.29, 0.717) is 0 Å². The van der Waals surface area contributed by atoms with Crippen molar-refractivity contribution in [1.29, 1.82) is 0 Å². The van der Waals surface area contributed by atoms with Gasteiger partial charge in [-0.05, 0) is 6.07 Å². The molecule has 0 bridgehead atoms. The molecule has 0 fully saturated rings. The van der Waals surface area contributed by atoms with Crippen LogP contribution in [0.4, 0.5) is 5.69 Å². The number of rotatable bonds is 2. The van der Waals surface area contributed by atoms with Gasteiger partial charge in [-0.1, -0.05) is 5.92 Å². The van der Waals surface area contributed by atoms with Gasteiger partial charge in [-0.2, -0.15) is 0 Å². The lowest BCUT2D eigenvalue weighted by molar-refractivity contribution is -0.384. The smallest absolute Gasteiger partial charge is 0.384 e. The number of hydrogen-bond acceptors (Lipinski definition) is 5. The Balaban J connectivity index is 3.31. The van der Waals surface area contributed by atoms with Crippen LogP contribution in [-0.2, 0) is 9.53 Å². The normalized spacial score (nSPS) is 8.94. The van der Waals surface area contributed by atoms with Crippen molar-refractivity contribution in [3.05, 3.63) is 39.4 Å². The van der Waals surface area contributed by atoms with Crippen LogP contribution in [0.2, 0.25) is 0 Å². The van der Waals surface area contributed by atoms with E-state index in [2.05, 4.69) is 10.7 Å². The highest BCUT2D eigenvalue weighted by atomic mass is 16.6. The van der Waals surface area contributed by atoms with Crippen molar-refractivity contribution >= 4 is 17.6 Å². The largest absolute Gasteiger partial charge is 0.478 e. The number of nitrogens with zero attached hydrogens (tertiary/aromatic N) is 1. The molecule has 0 radical (unpaired) electrons. The van der Waals surface area contributed by atoms with E-state index in [1.54, 1.807) is 0 Å². The minimum Gasteiger partial charge on any atom is -0.478 e. The highest BCUT2D eigenvalue weighted by Crippen LogP contribution is 2.17. The van der Waals surface area contributed by atoms with Gasteiger partial charge in [-0.15, -0.1) is 0 Å². The number of methoxy groups -OCH3 is 1. The molecule has 0 aliphatic rings. The van der Waals surface area contributed by atoms with Crippen molar-refractivity contribution in [1.82, 2.24) is 0 Å². The summed E-state index contributed by atoms with van der Waals surface area (Å²) in [7, 11) is 1.11. The highest BCUT2D eigenvalue weighted by Gasteiger charge is 2.14. The van der Waals surface area contributed by atoms with Gasteiger partial charge in [-0.25, -0.2) is 9.59 Å². The van der Waals surface area contributed by atoms with E-state index in [9.17, 15) is 19.7 Å². The fourth-order valence-electron chi connectivity index (χ4n) is 1.11. The molecule has 1 aromatic rings. The number of non-ortho nitro benzene ring substituents is 1. The van der Waals surface area contributed by atoms with Gasteiger partial charge in [-0.3, -0.25) is 10.1 Å². The first kappa shape index (κ1) is 13.2. The van der Waals surface area contributed by atoms with E-state index in [1.165, 1.54) is 0 Å². The molecule has 0 atom stereocenters. The van der Waals surface area contributed by atoms with Crippen LogP contribution in [0, 0.1) is 22.0 Å². The quantitative estimate of drug-likeness (QED) is 0.360. The lowest BCUT2D eigenvalue weighted by Gasteiger charge is -1.98. The Hall–Kier alpha value is -2.88. The molecule has 0 spiro atoms. The fraction of sp³-hybridized carbons (Fsp3) is 0.0909.